The maximum atomic E-state index is 5.59. The van der Waals surface area contributed by atoms with Crippen LogP contribution in [0.2, 0.25) is 0 Å². The van der Waals surface area contributed by atoms with E-state index in [1.54, 1.807) is 0 Å². The number of aryl methyl sites for hydroxylation is 2. The smallest absolute Gasteiger partial charge is 0.214 e. The van der Waals surface area contributed by atoms with Crippen molar-refractivity contribution >= 4 is 0 Å². The van der Waals surface area contributed by atoms with Gasteiger partial charge in [-0.2, -0.15) is 0 Å². The van der Waals surface area contributed by atoms with Crippen LogP contribution in [-0.4, -0.2) is 24.7 Å². The highest BCUT2D eigenvalue weighted by Gasteiger charge is 2.21. The number of hydrogen-bond acceptors (Lipinski definition) is 4. The normalized spacial score (nSPS) is 22.6. The average Bonchev–Trinajstić information content (AvgIpc) is 2.61. The Morgan fingerprint density at radius 3 is 3.00 bits per heavy atom. The Kier molecular flexibility index (Phi) is 2.84. The molecule has 1 saturated heterocycles. The summed E-state index contributed by atoms with van der Waals surface area (Å²) in [6.07, 6.45) is 0.920. The molecule has 0 aliphatic carbocycles. The third kappa shape index (κ3) is 1.81. The number of aromatic nitrogens is 1. The molecule has 2 rings (SSSR count). The zero-order chi connectivity index (χ0) is 9.97. The standard InChI is InChI=1S/C10H16N2O2/c1-3-8-7(2)14-10(12-8)9-6-13-5-4-11-9/h9,11H,3-6H2,1-2H3. The Balaban J connectivity index is 2.14. The number of ether oxygens (including phenoxy) is 1. The lowest BCUT2D eigenvalue weighted by Crippen LogP contribution is -2.34. The van der Waals surface area contributed by atoms with Gasteiger partial charge >= 0.3 is 0 Å². The third-order valence-electron chi connectivity index (χ3n) is 2.46. The molecule has 4 heteroatoms. The minimum absolute atomic E-state index is 0.128. The Bertz CT molecular complexity index is 303. The lowest BCUT2D eigenvalue weighted by molar-refractivity contribution is 0.0678. The summed E-state index contributed by atoms with van der Waals surface area (Å²) in [5.74, 6) is 1.69. The zero-order valence-corrected chi connectivity index (χ0v) is 8.67. The number of morpholine rings is 1. The van der Waals surface area contributed by atoms with Crippen LogP contribution in [0.1, 0.15) is 30.3 Å². The van der Waals surface area contributed by atoms with Gasteiger partial charge in [0.1, 0.15) is 11.8 Å². The molecule has 1 aromatic heterocycles. The summed E-state index contributed by atoms with van der Waals surface area (Å²) in [7, 11) is 0. The summed E-state index contributed by atoms with van der Waals surface area (Å²) >= 11 is 0. The topological polar surface area (TPSA) is 47.3 Å². The van der Waals surface area contributed by atoms with Gasteiger partial charge in [-0.05, 0) is 13.3 Å². The van der Waals surface area contributed by atoms with E-state index >= 15 is 0 Å². The van der Waals surface area contributed by atoms with E-state index in [0.29, 0.717) is 6.61 Å². The van der Waals surface area contributed by atoms with E-state index in [1.807, 2.05) is 6.92 Å². The molecule has 4 nitrogen and oxygen atoms in total. The van der Waals surface area contributed by atoms with Crippen molar-refractivity contribution in [3.05, 3.63) is 17.3 Å². The van der Waals surface area contributed by atoms with Crippen LogP contribution in [0, 0.1) is 6.92 Å². The van der Waals surface area contributed by atoms with Crippen molar-refractivity contribution in [1.29, 1.82) is 0 Å². The summed E-state index contributed by atoms with van der Waals surface area (Å²) < 4.78 is 10.9. The molecule has 1 fully saturated rings. The molecule has 0 radical (unpaired) electrons. The van der Waals surface area contributed by atoms with Gasteiger partial charge in [0, 0.05) is 6.54 Å². The molecule has 0 aromatic carbocycles. The van der Waals surface area contributed by atoms with Gasteiger partial charge in [0.05, 0.1) is 18.9 Å². The molecular weight excluding hydrogens is 180 g/mol. The minimum Gasteiger partial charge on any atom is -0.444 e. The van der Waals surface area contributed by atoms with Crippen molar-refractivity contribution in [2.24, 2.45) is 0 Å². The molecule has 1 N–H and O–H groups in total. The highest BCUT2D eigenvalue weighted by molar-refractivity contribution is 5.10. The van der Waals surface area contributed by atoms with Gasteiger partial charge in [-0.3, -0.25) is 0 Å². The molecule has 1 unspecified atom stereocenters. The van der Waals surface area contributed by atoms with E-state index in [0.717, 1.165) is 36.9 Å². The molecule has 1 aliphatic rings. The van der Waals surface area contributed by atoms with Crippen LogP contribution in [-0.2, 0) is 11.2 Å². The SMILES string of the molecule is CCc1nc(C2COCCN2)oc1C. The molecule has 1 atom stereocenters. The van der Waals surface area contributed by atoms with E-state index in [4.69, 9.17) is 9.15 Å². The maximum absolute atomic E-state index is 5.59. The van der Waals surface area contributed by atoms with Crippen LogP contribution >= 0.6 is 0 Å². The van der Waals surface area contributed by atoms with Gasteiger partial charge in [0.25, 0.3) is 0 Å². The van der Waals surface area contributed by atoms with E-state index in [2.05, 4.69) is 17.2 Å². The summed E-state index contributed by atoms with van der Waals surface area (Å²) in [5, 5.41) is 3.32. The maximum Gasteiger partial charge on any atom is 0.214 e. The molecular formula is C10H16N2O2. The molecule has 14 heavy (non-hydrogen) atoms. The van der Waals surface area contributed by atoms with Crippen molar-refractivity contribution in [2.75, 3.05) is 19.8 Å². The predicted molar refractivity (Wildman–Crippen MR) is 52.2 cm³/mol. The second-order valence-electron chi connectivity index (χ2n) is 3.49. The van der Waals surface area contributed by atoms with Gasteiger partial charge in [-0.1, -0.05) is 6.92 Å². The molecule has 1 aromatic rings. The number of nitrogens with zero attached hydrogens (tertiary/aromatic N) is 1. The fraction of sp³-hybridized carbons (Fsp3) is 0.700. The van der Waals surface area contributed by atoms with Crippen LogP contribution in [0.25, 0.3) is 0 Å². The lowest BCUT2D eigenvalue weighted by atomic mass is 10.3. The summed E-state index contributed by atoms with van der Waals surface area (Å²) in [6, 6.07) is 0.128. The summed E-state index contributed by atoms with van der Waals surface area (Å²) in [4.78, 5) is 4.44. The number of rotatable bonds is 2. The Morgan fingerprint density at radius 1 is 1.57 bits per heavy atom. The first-order chi connectivity index (χ1) is 6.81. The molecule has 0 spiro atoms. The van der Waals surface area contributed by atoms with E-state index in [9.17, 15) is 0 Å². The molecule has 0 saturated carbocycles. The largest absolute Gasteiger partial charge is 0.444 e. The molecule has 78 valence electrons. The molecule has 2 heterocycles. The first-order valence-corrected chi connectivity index (χ1v) is 5.08. The molecule has 0 amide bonds. The fourth-order valence-electron chi connectivity index (χ4n) is 1.65. The van der Waals surface area contributed by atoms with Gasteiger partial charge in [0.15, 0.2) is 0 Å². The first-order valence-electron chi connectivity index (χ1n) is 5.08. The summed E-state index contributed by atoms with van der Waals surface area (Å²) in [6.45, 7) is 6.34. The zero-order valence-electron chi connectivity index (χ0n) is 8.67. The van der Waals surface area contributed by atoms with Crippen LogP contribution in [0.15, 0.2) is 4.42 Å². The van der Waals surface area contributed by atoms with Gasteiger partial charge in [-0.15, -0.1) is 0 Å². The highest BCUT2D eigenvalue weighted by Crippen LogP contribution is 2.18. The number of nitrogens with one attached hydrogen (secondary N) is 1. The fourth-order valence-corrected chi connectivity index (χ4v) is 1.65. The summed E-state index contributed by atoms with van der Waals surface area (Å²) in [5.41, 5.74) is 1.05. The second kappa shape index (κ2) is 4.11. The van der Waals surface area contributed by atoms with Gasteiger partial charge < -0.3 is 14.5 Å². The van der Waals surface area contributed by atoms with Crippen molar-refractivity contribution in [3.8, 4) is 0 Å². The van der Waals surface area contributed by atoms with Crippen LogP contribution < -0.4 is 5.32 Å². The quantitative estimate of drug-likeness (QED) is 0.772. The first kappa shape index (κ1) is 9.68. The average molecular weight is 196 g/mol. The second-order valence-corrected chi connectivity index (χ2v) is 3.49. The lowest BCUT2D eigenvalue weighted by Gasteiger charge is -2.20. The Hall–Kier alpha value is -0.870. The molecule has 0 bridgehead atoms. The number of oxazole rings is 1. The number of hydrogen-bond donors (Lipinski definition) is 1. The Morgan fingerprint density at radius 2 is 2.43 bits per heavy atom. The minimum atomic E-state index is 0.128. The van der Waals surface area contributed by atoms with Crippen molar-refractivity contribution in [3.63, 3.8) is 0 Å². The van der Waals surface area contributed by atoms with Crippen molar-refractivity contribution in [2.45, 2.75) is 26.3 Å². The Labute approximate surface area is 83.7 Å². The third-order valence-corrected chi connectivity index (χ3v) is 2.46. The predicted octanol–water partition coefficient (Wildman–Crippen LogP) is 1.21. The van der Waals surface area contributed by atoms with Crippen molar-refractivity contribution < 1.29 is 9.15 Å². The van der Waals surface area contributed by atoms with Gasteiger partial charge in [-0.25, -0.2) is 4.98 Å². The van der Waals surface area contributed by atoms with E-state index in [-0.39, 0.29) is 6.04 Å². The van der Waals surface area contributed by atoms with Crippen LogP contribution in [0.3, 0.4) is 0 Å². The van der Waals surface area contributed by atoms with Crippen LogP contribution in [0.4, 0.5) is 0 Å². The van der Waals surface area contributed by atoms with Crippen molar-refractivity contribution in [1.82, 2.24) is 10.3 Å². The van der Waals surface area contributed by atoms with Crippen LogP contribution in [0.5, 0.6) is 0 Å². The van der Waals surface area contributed by atoms with Gasteiger partial charge in [0.2, 0.25) is 5.89 Å². The van der Waals surface area contributed by atoms with E-state index < -0.39 is 0 Å². The monoisotopic (exact) mass is 196 g/mol. The molecule has 1 aliphatic heterocycles. The van der Waals surface area contributed by atoms with E-state index in [1.165, 1.54) is 0 Å². The highest BCUT2D eigenvalue weighted by atomic mass is 16.5.